The Morgan fingerprint density at radius 1 is 1.05 bits per heavy atom. The SMILES string of the molecule is N[C@](CCO)(C(=O)OCc1ccccc1)c1ccccc1. The molecular weight excluding hydrogens is 266 g/mol. The lowest BCUT2D eigenvalue weighted by molar-refractivity contribution is -0.152. The Labute approximate surface area is 124 Å². The number of aliphatic hydroxyl groups is 1. The molecule has 0 aliphatic carbocycles. The van der Waals surface area contributed by atoms with Gasteiger partial charge in [-0.05, 0) is 11.1 Å². The highest BCUT2D eigenvalue weighted by Crippen LogP contribution is 2.24. The molecule has 0 aromatic heterocycles. The van der Waals surface area contributed by atoms with E-state index in [1.165, 1.54) is 0 Å². The summed E-state index contributed by atoms with van der Waals surface area (Å²) in [6, 6.07) is 18.4. The summed E-state index contributed by atoms with van der Waals surface area (Å²) in [6.45, 7) is -0.0251. The summed E-state index contributed by atoms with van der Waals surface area (Å²) < 4.78 is 5.33. The molecule has 0 saturated heterocycles. The summed E-state index contributed by atoms with van der Waals surface area (Å²) in [6.07, 6.45) is 0.116. The van der Waals surface area contributed by atoms with Crippen molar-refractivity contribution in [1.29, 1.82) is 0 Å². The zero-order valence-corrected chi connectivity index (χ0v) is 11.7. The molecule has 0 aliphatic rings. The fraction of sp³-hybridized carbons (Fsp3) is 0.235. The molecule has 21 heavy (non-hydrogen) atoms. The van der Waals surface area contributed by atoms with Gasteiger partial charge in [0.25, 0.3) is 0 Å². The van der Waals surface area contributed by atoms with Crippen LogP contribution in [0.15, 0.2) is 60.7 Å². The summed E-state index contributed by atoms with van der Waals surface area (Å²) in [5.74, 6) is -0.536. The first kappa shape index (κ1) is 15.2. The lowest BCUT2D eigenvalue weighted by atomic mass is 9.88. The van der Waals surface area contributed by atoms with Crippen LogP contribution in [0.5, 0.6) is 0 Å². The highest BCUT2D eigenvalue weighted by Gasteiger charge is 2.37. The van der Waals surface area contributed by atoms with Gasteiger partial charge in [0.1, 0.15) is 12.1 Å². The molecule has 4 nitrogen and oxygen atoms in total. The maximum absolute atomic E-state index is 12.4. The Kier molecular flexibility index (Phi) is 5.09. The van der Waals surface area contributed by atoms with Gasteiger partial charge in [0, 0.05) is 13.0 Å². The van der Waals surface area contributed by atoms with Crippen molar-refractivity contribution in [3.8, 4) is 0 Å². The van der Waals surface area contributed by atoms with Gasteiger partial charge in [-0.15, -0.1) is 0 Å². The Hall–Kier alpha value is -2.17. The molecule has 0 radical (unpaired) electrons. The van der Waals surface area contributed by atoms with Crippen LogP contribution in [0.25, 0.3) is 0 Å². The van der Waals surface area contributed by atoms with Crippen LogP contribution in [-0.2, 0) is 21.7 Å². The highest BCUT2D eigenvalue weighted by atomic mass is 16.5. The number of ether oxygens (including phenoxy) is 1. The van der Waals surface area contributed by atoms with E-state index in [-0.39, 0.29) is 19.6 Å². The molecule has 110 valence electrons. The van der Waals surface area contributed by atoms with Gasteiger partial charge in [0.2, 0.25) is 0 Å². The fourth-order valence-corrected chi connectivity index (χ4v) is 2.13. The largest absolute Gasteiger partial charge is 0.459 e. The summed E-state index contributed by atoms with van der Waals surface area (Å²) in [5, 5.41) is 9.21. The Bertz CT molecular complexity index is 571. The zero-order chi connectivity index (χ0) is 15.1. The smallest absolute Gasteiger partial charge is 0.331 e. The van der Waals surface area contributed by atoms with Crippen LogP contribution in [0.1, 0.15) is 17.5 Å². The second-order valence-corrected chi connectivity index (χ2v) is 4.87. The van der Waals surface area contributed by atoms with Gasteiger partial charge in [0.05, 0.1) is 0 Å². The molecule has 0 spiro atoms. The van der Waals surface area contributed by atoms with Crippen molar-refractivity contribution in [3.05, 3.63) is 71.8 Å². The quantitative estimate of drug-likeness (QED) is 0.796. The molecule has 1 atom stereocenters. The van der Waals surface area contributed by atoms with Gasteiger partial charge >= 0.3 is 5.97 Å². The van der Waals surface area contributed by atoms with Gasteiger partial charge in [-0.2, -0.15) is 0 Å². The van der Waals surface area contributed by atoms with E-state index in [1.54, 1.807) is 24.3 Å². The molecule has 0 aliphatic heterocycles. The van der Waals surface area contributed by atoms with Crippen molar-refractivity contribution in [2.24, 2.45) is 5.73 Å². The first-order chi connectivity index (χ1) is 10.2. The average molecular weight is 285 g/mol. The Morgan fingerprint density at radius 3 is 2.19 bits per heavy atom. The fourth-order valence-electron chi connectivity index (χ4n) is 2.13. The minimum Gasteiger partial charge on any atom is -0.459 e. The Balaban J connectivity index is 2.12. The average Bonchev–Trinajstić information content (AvgIpc) is 2.54. The Morgan fingerprint density at radius 2 is 1.62 bits per heavy atom. The normalized spacial score (nSPS) is 13.4. The van der Waals surface area contributed by atoms with Gasteiger partial charge in [-0.3, -0.25) is 0 Å². The van der Waals surface area contributed by atoms with Gasteiger partial charge in [-0.25, -0.2) is 4.79 Å². The first-order valence-electron chi connectivity index (χ1n) is 6.83. The van der Waals surface area contributed by atoms with Crippen molar-refractivity contribution < 1.29 is 14.6 Å². The monoisotopic (exact) mass is 285 g/mol. The van der Waals surface area contributed by atoms with E-state index >= 15 is 0 Å². The lowest BCUT2D eigenvalue weighted by Gasteiger charge is -2.27. The summed E-state index contributed by atoms with van der Waals surface area (Å²) in [4.78, 5) is 12.4. The molecule has 3 N–H and O–H groups in total. The first-order valence-corrected chi connectivity index (χ1v) is 6.83. The van der Waals surface area contributed by atoms with E-state index in [0.29, 0.717) is 5.56 Å². The predicted octanol–water partition coefficient (Wildman–Crippen LogP) is 1.97. The lowest BCUT2D eigenvalue weighted by Crippen LogP contribution is -2.46. The van der Waals surface area contributed by atoms with E-state index in [9.17, 15) is 9.90 Å². The number of aliphatic hydroxyl groups excluding tert-OH is 1. The minimum atomic E-state index is -1.33. The maximum Gasteiger partial charge on any atom is 0.331 e. The highest BCUT2D eigenvalue weighted by molar-refractivity contribution is 5.82. The topological polar surface area (TPSA) is 72.5 Å². The molecular formula is C17H19NO3. The molecule has 0 unspecified atom stereocenters. The van der Waals surface area contributed by atoms with E-state index in [4.69, 9.17) is 10.5 Å². The molecule has 2 aromatic carbocycles. The maximum atomic E-state index is 12.4. The third-order valence-electron chi connectivity index (χ3n) is 3.37. The van der Waals surface area contributed by atoms with Crippen LogP contribution in [0.3, 0.4) is 0 Å². The predicted molar refractivity (Wildman–Crippen MR) is 80.2 cm³/mol. The third kappa shape index (κ3) is 3.68. The van der Waals surface area contributed by atoms with Crippen LogP contribution in [0.4, 0.5) is 0 Å². The number of hydrogen-bond donors (Lipinski definition) is 2. The number of rotatable bonds is 6. The number of esters is 1. The van der Waals surface area contributed by atoms with E-state index in [1.807, 2.05) is 36.4 Å². The summed E-state index contributed by atoms with van der Waals surface area (Å²) in [5.41, 5.74) is 6.40. The second kappa shape index (κ2) is 7.02. The van der Waals surface area contributed by atoms with E-state index in [2.05, 4.69) is 0 Å². The number of nitrogens with two attached hydrogens (primary N) is 1. The van der Waals surface area contributed by atoms with Crippen LogP contribution in [-0.4, -0.2) is 17.7 Å². The van der Waals surface area contributed by atoms with Crippen molar-refractivity contribution in [1.82, 2.24) is 0 Å². The van der Waals surface area contributed by atoms with Crippen LogP contribution in [0.2, 0.25) is 0 Å². The summed E-state index contributed by atoms with van der Waals surface area (Å²) in [7, 11) is 0. The number of carbonyl (C=O) groups is 1. The van der Waals surface area contributed by atoms with Gasteiger partial charge in [-0.1, -0.05) is 60.7 Å². The molecule has 0 fully saturated rings. The molecule has 0 bridgehead atoms. The molecule has 0 heterocycles. The third-order valence-corrected chi connectivity index (χ3v) is 3.37. The molecule has 0 saturated carbocycles. The van der Waals surface area contributed by atoms with Crippen LogP contribution < -0.4 is 5.73 Å². The van der Waals surface area contributed by atoms with Crippen LogP contribution in [0, 0.1) is 0 Å². The van der Waals surface area contributed by atoms with E-state index < -0.39 is 11.5 Å². The van der Waals surface area contributed by atoms with E-state index in [0.717, 1.165) is 5.56 Å². The second-order valence-electron chi connectivity index (χ2n) is 4.87. The van der Waals surface area contributed by atoms with Gasteiger partial charge in [0.15, 0.2) is 0 Å². The van der Waals surface area contributed by atoms with Crippen molar-refractivity contribution in [3.63, 3.8) is 0 Å². The summed E-state index contributed by atoms with van der Waals surface area (Å²) >= 11 is 0. The van der Waals surface area contributed by atoms with Gasteiger partial charge < -0.3 is 15.6 Å². The van der Waals surface area contributed by atoms with Crippen molar-refractivity contribution >= 4 is 5.97 Å². The number of hydrogen-bond acceptors (Lipinski definition) is 4. The van der Waals surface area contributed by atoms with Crippen LogP contribution >= 0.6 is 0 Å². The number of carbonyl (C=O) groups excluding carboxylic acids is 1. The molecule has 4 heteroatoms. The molecule has 2 aromatic rings. The van der Waals surface area contributed by atoms with Crippen molar-refractivity contribution in [2.75, 3.05) is 6.61 Å². The minimum absolute atomic E-state index is 0.116. The molecule has 2 rings (SSSR count). The number of benzene rings is 2. The standard InChI is InChI=1S/C17H19NO3/c18-17(11-12-19,15-9-5-2-6-10-15)16(20)21-13-14-7-3-1-4-8-14/h1-10,19H,11-13,18H2/t17-/m0/s1. The van der Waals surface area contributed by atoms with Crippen molar-refractivity contribution in [2.45, 2.75) is 18.6 Å². The molecule has 0 amide bonds. The zero-order valence-electron chi connectivity index (χ0n) is 11.7.